The number of amides is 2. The van der Waals surface area contributed by atoms with Crippen LogP contribution in [-0.4, -0.2) is 48.2 Å². The summed E-state index contributed by atoms with van der Waals surface area (Å²) in [5.74, 6) is 2.02. The lowest BCUT2D eigenvalue weighted by Crippen LogP contribution is -2.33. The van der Waals surface area contributed by atoms with Crippen LogP contribution in [0.4, 0.5) is 10.6 Å². The molecule has 1 aliphatic rings. The van der Waals surface area contributed by atoms with Crippen LogP contribution < -0.4 is 14.8 Å². The van der Waals surface area contributed by atoms with E-state index in [9.17, 15) is 4.79 Å². The number of methoxy groups -OCH3 is 2. The van der Waals surface area contributed by atoms with Gasteiger partial charge in [0.25, 0.3) is 0 Å². The molecule has 2 amide bonds. The highest BCUT2D eigenvalue weighted by molar-refractivity contribution is 5.88. The van der Waals surface area contributed by atoms with Crippen LogP contribution >= 0.6 is 0 Å². The highest BCUT2D eigenvalue weighted by Gasteiger charge is 2.27. The van der Waals surface area contributed by atoms with Gasteiger partial charge in [0.05, 0.1) is 14.2 Å². The maximum atomic E-state index is 12.4. The van der Waals surface area contributed by atoms with Crippen molar-refractivity contribution in [2.45, 2.75) is 12.3 Å². The molecular formula is C17H20N4O3. The Bertz CT molecular complexity index is 705. The molecule has 24 heavy (non-hydrogen) atoms. The molecule has 1 aliphatic heterocycles. The second kappa shape index (κ2) is 7.16. The van der Waals surface area contributed by atoms with Crippen molar-refractivity contribution in [2.24, 2.45) is 0 Å². The third kappa shape index (κ3) is 3.56. The van der Waals surface area contributed by atoms with E-state index in [2.05, 4.69) is 27.4 Å². The Morgan fingerprint density at radius 2 is 2.00 bits per heavy atom. The van der Waals surface area contributed by atoms with Crippen LogP contribution in [0.25, 0.3) is 0 Å². The molecule has 3 rings (SSSR count). The van der Waals surface area contributed by atoms with Crippen molar-refractivity contribution in [3.05, 3.63) is 42.2 Å². The van der Waals surface area contributed by atoms with Gasteiger partial charge in [-0.1, -0.05) is 12.1 Å². The number of carbonyl (C=O) groups excluding carboxylic acids is 1. The van der Waals surface area contributed by atoms with Gasteiger partial charge in [0.2, 0.25) is 5.88 Å². The Kier molecular flexibility index (Phi) is 4.79. The Morgan fingerprint density at radius 1 is 1.21 bits per heavy atom. The molecule has 126 valence electrons. The van der Waals surface area contributed by atoms with Crippen LogP contribution in [0.1, 0.15) is 17.9 Å². The molecule has 7 nitrogen and oxygen atoms in total. The Hall–Kier alpha value is -2.83. The standard InChI is InChI=1S/C17H20N4O3/c1-23-14-5-3-12(4-6-14)13-7-8-21(10-13)17(22)20-15-9-16(24-2)19-11-18-15/h3-6,9,11,13H,7-8,10H2,1-2H3,(H,18,19,20,22)/t13-/m1/s1. The van der Waals surface area contributed by atoms with Gasteiger partial charge >= 0.3 is 6.03 Å². The van der Waals surface area contributed by atoms with Gasteiger partial charge in [0.1, 0.15) is 17.9 Å². The summed E-state index contributed by atoms with van der Waals surface area (Å²) in [6.45, 7) is 1.39. The lowest BCUT2D eigenvalue weighted by molar-refractivity contribution is 0.222. The number of hydrogen-bond acceptors (Lipinski definition) is 5. The fourth-order valence-corrected chi connectivity index (χ4v) is 2.80. The average molecular weight is 328 g/mol. The van der Waals surface area contributed by atoms with Crippen molar-refractivity contribution in [1.29, 1.82) is 0 Å². The molecule has 0 spiro atoms. The van der Waals surface area contributed by atoms with Gasteiger partial charge in [-0.3, -0.25) is 5.32 Å². The molecular weight excluding hydrogens is 308 g/mol. The first-order valence-corrected chi connectivity index (χ1v) is 7.75. The average Bonchev–Trinajstić information content (AvgIpc) is 3.12. The summed E-state index contributed by atoms with van der Waals surface area (Å²) in [6.07, 6.45) is 2.30. The quantitative estimate of drug-likeness (QED) is 0.933. The zero-order valence-corrected chi connectivity index (χ0v) is 13.7. The number of likely N-dealkylation sites (tertiary alicyclic amines) is 1. The second-order valence-electron chi connectivity index (χ2n) is 5.58. The minimum atomic E-state index is -0.160. The van der Waals surface area contributed by atoms with Crippen molar-refractivity contribution in [1.82, 2.24) is 14.9 Å². The van der Waals surface area contributed by atoms with Crippen molar-refractivity contribution in [2.75, 3.05) is 32.6 Å². The van der Waals surface area contributed by atoms with Crippen molar-refractivity contribution in [3.63, 3.8) is 0 Å². The molecule has 0 aliphatic carbocycles. The number of ether oxygens (including phenoxy) is 2. The number of carbonyl (C=O) groups is 1. The molecule has 1 saturated heterocycles. The minimum absolute atomic E-state index is 0.160. The van der Waals surface area contributed by atoms with Gasteiger partial charge in [0.15, 0.2) is 0 Å². The summed E-state index contributed by atoms with van der Waals surface area (Å²) >= 11 is 0. The molecule has 2 aromatic rings. The zero-order valence-electron chi connectivity index (χ0n) is 13.7. The Labute approximate surface area is 140 Å². The van der Waals surface area contributed by atoms with Crippen LogP contribution in [0, 0.1) is 0 Å². The molecule has 7 heteroatoms. The number of benzene rings is 1. The number of nitrogens with zero attached hydrogens (tertiary/aromatic N) is 3. The molecule has 1 aromatic heterocycles. The Morgan fingerprint density at radius 3 is 2.71 bits per heavy atom. The van der Waals surface area contributed by atoms with E-state index < -0.39 is 0 Å². The molecule has 1 aromatic carbocycles. The summed E-state index contributed by atoms with van der Waals surface area (Å²) in [4.78, 5) is 22.1. The number of nitrogens with one attached hydrogen (secondary N) is 1. The normalized spacial score (nSPS) is 16.8. The zero-order chi connectivity index (χ0) is 16.9. The van der Waals surface area contributed by atoms with Gasteiger partial charge in [-0.25, -0.2) is 14.8 Å². The topological polar surface area (TPSA) is 76.6 Å². The maximum absolute atomic E-state index is 12.4. The van der Waals surface area contributed by atoms with Crippen LogP contribution in [0.15, 0.2) is 36.7 Å². The van der Waals surface area contributed by atoms with E-state index >= 15 is 0 Å². The molecule has 0 bridgehead atoms. The first-order chi connectivity index (χ1) is 11.7. The van der Waals surface area contributed by atoms with Crippen molar-refractivity contribution in [3.8, 4) is 11.6 Å². The summed E-state index contributed by atoms with van der Waals surface area (Å²) in [5.41, 5.74) is 1.22. The van der Waals surface area contributed by atoms with Gasteiger partial charge < -0.3 is 14.4 Å². The first kappa shape index (κ1) is 16.0. The minimum Gasteiger partial charge on any atom is -0.497 e. The molecule has 2 heterocycles. The third-order valence-electron chi connectivity index (χ3n) is 4.15. The highest BCUT2D eigenvalue weighted by atomic mass is 16.5. The summed E-state index contributed by atoms with van der Waals surface area (Å²) in [7, 11) is 3.17. The molecule has 1 N–H and O–H groups in total. The van der Waals surface area contributed by atoms with Crippen LogP contribution in [0.2, 0.25) is 0 Å². The van der Waals surface area contributed by atoms with Gasteiger partial charge in [-0.05, 0) is 24.1 Å². The van der Waals surface area contributed by atoms with Gasteiger partial charge in [-0.2, -0.15) is 0 Å². The van der Waals surface area contributed by atoms with Crippen LogP contribution in [-0.2, 0) is 0 Å². The van der Waals surface area contributed by atoms with E-state index in [4.69, 9.17) is 9.47 Å². The SMILES string of the molecule is COc1ccc([C@@H]2CCN(C(=O)Nc3cc(OC)ncn3)C2)cc1. The van der Waals surface area contributed by atoms with E-state index in [0.717, 1.165) is 12.2 Å². The summed E-state index contributed by atoms with van der Waals surface area (Å²) in [5, 5.41) is 2.78. The number of anilines is 1. The largest absolute Gasteiger partial charge is 0.497 e. The number of rotatable bonds is 4. The number of aromatic nitrogens is 2. The van der Waals surface area contributed by atoms with Crippen molar-refractivity contribution < 1.29 is 14.3 Å². The molecule has 0 unspecified atom stereocenters. The maximum Gasteiger partial charge on any atom is 0.323 e. The monoisotopic (exact) mass is 328 g/mol. The third-order valence-corrected chi connectivity index (χ3v) is 4.15. The number of urea groups is 1. The highest BCUT2D eigenvalue weighted by Crippen LogP contribution is 2.28. The predicted molar refractivity (Wildman–Crippen MR) is 89.5 cm³/mol. The van der Waals surface area contributed by atoms with E-state index in [1.54, 1.807) is 18.1 Å². The smallest absolute Gasteiger partial charge is 0.323 e. The fraction of sp³-hybridized carbons (Fsp3) is 0.353. The lowest BCUT2D eigenvalue weighted by atomic mass is 9.98. The molecule has 1 atom stereocenters. The second-order valence-corrected chi connectivity index (χ2v) is 5.58. The first-order valence-electron chi connectivity index (χ1n) is 7.75. The van der Waals surface area contributed by atoms with E-state index in [1.807, 2.05) is 12.1 Å². The van der Waals surface area contributed by atoms with Crippen LogP contribution in [0.5, 0.6) is 11.6 Å². The van der Waals surface area contributed by atoms with E-state index in [0.29, 0.717) is 30.7 Å². The van der Waals surface area contributed by atoms with E-state index in [1.165, 1.54) is 19.0 Å². The molecule has 0 saturated carbocycles. The van der Waals surface area contributed by atoms with Crippen LogP contribution in [0.3, 0.4) is 0 Å². The molecule has 1 fully saturated rings. The molecule has 0 radical (unpaired) electrons. The summed E-state index contributed by atoms with van der Waals surface area (Å²) in [6, 6.07) is 9.44. The predicted octanol–water partition coefficient (Wildman–Crippen LogP) is 2.52. The lowest BCUT2D eigenvalue weighted by Gasteiger charge is -2.17. The van der Waals surface area contributed by atoms with Crippen molar-refractivity contribution >= 4 is 11.8 Å². The number of hydrogen-bond donors (Lipinski definition) is 1. The fourth-order valence-electron chi connectivity index (χ4n) is 2.80. The van der Waals surface area contributed by atoms with E-state index in [-0.39, 0.29) is 6.03 Å². The van der Waals surface area contributed by atoms with Gasteiger partial charge in [0, 0.05) is 25.1 Å². The van der Waals surface area contributed by atoms with Gasteiger partial charge in [-0.15, -0.1) is 0 Å². The Balaban J connectivity index is 1.60. The summed E-state index contributed by atoms with van der Waals surface area (Å²) < 4.78 is 10.2.